The first-order chi connectivity index (χ1) is 10.2. The maximum atomic E-state index is 12.7. The quantitative estimate of drug-likeness (QED) is 0.804. The normalized spacial score (nSPS) is 12.2. The first kappa shape index (κ1) is 16.8. The molecule has 0 aliphatic carbocycles. The van der Waals surface area contributed by atoms with E-state index in [1.165, 1.54) is 19.2 Å². The van der Waals surface area contributed by atoms with Gasteiger partial charge in [0.2, 0.25) is 9.84 Å². The molecule has 118 valence electrons. The van der Waals surface area contributed by atoms with Crippen LogP contribution in [0.25, 0.3) is 0 Å². The second-order valence-corrected chi connectivity index (χ2v) is 10.6. The van der Waals surface area contributed by atoms with Crippen molar-refractivity contribution in [2.45, 2.75) is 16.7 Å². The topological polar surface area (TPSA) is 60.4 Å². The summed E-state index contributed by atoms with van der Waals surface area (Å²) in [6.45, 7) is 5.08. The lowest BCUT2D eigenvalue weighted by Gasteiger charge is -2.14. The molecule has 0 N–H and O–H groups in total. The molecule has 0 spiro atoms. The van der Waals surface area contributed by atoms with Crippen LogP contribution >= 0.6 is 7.14 Å². The van der Waals surface area contributed by atoms with Gasteiger partial charge in [0.05, 0.1) is 22.2 Å². The molecule has 2 aromatic carbocycles. The average Bonchev–Trinajstić information content (AvgIpc) is 2.46. The molecular weight excluding hydrogens is 319 g/mol. The third-order valence-corrected chi connectivity index (χ3v) is 6.65. The number of methoxy groups -OCH3 is 1. The standard InChI is InChI=1S/C16H19O4PS/c1-12-5-7-13(8-6-12)22(18,19)14-9-10-15(20-2)16(11-14)21(3,4)17/h5-11H,1-4H3. The van der Waals surface area contributed by atoms with E-state index in [0.29, 0.717) is 11.1 Å². The van der Waals surface area contributed by atoms with Crippen LogP contribution in [-0.4, -0.2) is 28.9 Å². The van der Waals surface area contributed by atoms with Crippen LogP contribution in [0.4, 0.5) is 0 Å². The molecule has 0 fully saturated rings. The van der Waals surface area contributed by atoms with Crippen LogP contribution in [0.1, 0.15) is 5.56 Å². The molecule has 4 nitrogen and oxygen atoms in total. The van der Waals surface area contributed by atoms with Crippen LogP contribution in [0, 0.1) is 6.92 Å². The van der Waals surface area contributed by atoms with Crippen LogP contribution in [0.5, 0.6) is 5.75 Å². The third kappa shape index (κ3) is 3.26. The zero-order chi connectivity index (χ0) is 16.5. The van der Waals surface area contributed by atoms with Crippen molar-refractivity contribution < 1.29 is 17.7 Å². The lowest BCUT2D eigenvalue weighted by atomic mass is 10.2. The first-order valence-electron chi connectivity index (χ1n) is 6.71. The van der Waals surface area contributed by atoms with Crippen molar-refractivity contribution in [2.24, 2.45) is 0 Å². The Labute approximate surface area is 131 Å². The van der Waals surface area contributed by atoms with Crippen molar-refractivity contribution in [1.29, 1.82) is 0 Å². The number of ether oxygens (including phenoxy) is 1. The Kier molecular flexibility index (Phi) is 4.50. The molecule has 0 saturated carbocycles. The van der Waals surface area contributed by atoms with E-state index in [1.807, 2.05) is 6.92 Å². The monoisotopic (exact) mass is 338 g/mol. The zero-order valence-electron chi connectivity index (χ0n) is 13.0. The predicted molar refractivity (Wildman–Crippen MR) is 88.7 cm³/mol. The fourth-order valence-electron chi connectivity index (χ4n) is 2.11. The van der Waals surface area contributed by atoms with Crippen molar-refractivity contribution in [3.63, 3.8) is 0 Å². The van der Waals surface area contributed by atoms with Crippen LogP contribution < -0.4 is 10.0 Å². The summed E-state index contributed by atoms with van der Waals surface area (Å²) in [7, 11) is -4.82. The molecule has 6 heteroatoms. The lowest BCUT2D eigenvalue weighted by molar-refractivity contribution is 0.417. The number of rotatable bonds is 4. The van der Waals surface area contributed by atoms with Gasteiger partial charge in [-0.25, -0.2) is 8.42 Å². The van der Waals surface area contributed by atoms with E-state index in [0.717, 1.165) is 5.56 Å². The Hall–Kier alpha value is -1.58. The van der Waals surface area contributed by atoms with Crippen LogP contribution in [0.3, 0.4) is 0 Å². The van der Waals surface area contributed by atoms with E-state index in [2.05, 4.69) is 0 Å². The minimum atomic E-state index is -3.64. The Morgan fingerprint density at radius 2 is 1.50 bits per heavy atom. The Morgan fingerprint density at radius 3 is 2.00 bits per heavy atom. The predicted octanol–water partition coefficient (Wildman–Crippen LogP) is 3.08. The minimum absolute atomic E-state index is 0.121. The number of benzene rings is 2. The van der Waals surface area contributed by atoms with Gasteiger partial charge in [0, 0.05) is 0 Å². The van der Waals surface area contributed by atoms with Crippen molar-refractivity contribution in [1.82, 2.24) is 0 Å². The molecule has 22 heavy (non-hydrogen) atoms. The van der Waals surface area contributed by atoms with Crippen molar-refractivity contribution in [3.8, 4) is 5.75 Å². The van der Waals surface area contributed by atoms with E-state index in [4.69, 9.17) is 4.74 Å². The van der Waals surface area contributed by atoms with Gasteiger partial charge < -0.3 is 9.30 Å². The van der Waals surface area contributed by atoms with Gasteiger partial charge in [0.15, 0.2) is 0 Å². The molecule has 2 rings (SSSR count). The molecule has 0 saturated heterocycles. The third-order valence-electron chi connectivity index (χ3n) is 3.37. The molecule has 0 unspecified atom stereocenters. The first-order valence-corrected chi connectivity index (χ1v) is 10.8. The van der Waals surface area contributed by atoms with E-state index in [9.17, 15) is 13.0 Å². The van der Waals surface area contributed by atoms with Crippen LogP contribution in [0.2, 0.25) is 0 Å². The summed E-state index contributed by atoms with van der Waals surface area (Å²) in [4.78, 5) is 0.340. The van der Waals surface area contributed by atoms with E-state index >= 15 is 0 Å². The highest BCUT2D eigenvalue weighted by Crippen LogP contribution is 2.39. The molecule has 0 heterocycles. The summed E-state index contributed by atoms with van der Waals surface area (Å²) < 4.78 is 43.0. The van der Waals surface area contributed by atoms with Gasteiger partial charge in [-0.1, -0.05) is 17.7 Å². The lowest BCUT2D eigenvalue weighted by Crippen LogP contribution is -2.11. The second kappa shape index (κ2) is 5.90. The molecular formula is C16H19O4PS. The highest BCUT2D eigenvalue weighted by Gasteiger charge is 2.23. The SMILES string of the molecule is COc1ccc(S(=O)(=O)c2ccc(C)cc2)cc1P(C)(C)=O. The molecule has 2 aromatic rings. The Morgan fingerprint density at radius 1 is 0.955 bits per heavy atom. The number of hydrogen-bond acceptors (Lipinski definition) is 4. The summed E-state index contributed by atoms with van der Waals surface area (Å²) in [5.41, 5.74) is 0.987. The van der Waals surface area contributed by atoms with E-state index in [-0.39, 0.29) is 9.79 Å². The van der Waals surface area contributed by atoms with Gasteiger partial charge >= 0.3 is 0 Å². The molecule has 0 atom stereocenters. The Bertz CT molecular complexity index is 833. The number of sulfone groups is 1. The van der Waals surface area contributed by atoms with Gasteiger partial charge in [0.25, 0.3) is 0 Å². The number of hydrogen-bond donors (Lipinski definition) is 0. The van der Waals surface area contributed by atoms with Crippen molar-refractivity contribution in [3.05, 3.63) is 48.0 Å². The van der Waals surface area contributed by atoms with E-state index in [1.54, 1.807) is 43.7 Å². The van der Waals surface area contributed by atoms with Crippen LogP contribution in [-0.2, 0) is 14.4 Å². The Balaban J connectivity index is 2.62. The van der Waals surface area contributed by atoms with Gasteiger partial charge in [-0.05, 0) is 50.6 Å². The second-order valence-electron chi connectivity index (χ2n) is 5.50. The largest absolute Gasteiger partial charge is 0.496 e. The minimum Gasteiger partial charge on any atom is -0.496 e. The summed E-state index contributed by atoms with van der Waals surface area (Å²) in [6, 6.07) is 11.1. The maximum absolute atomic E-state index is 12.7. The fraction of sp³-hybridized carbons (Fsp3) is 0.250. The highest BCUT2D eigenvalue weighted by atomic mass is 32.2. The van der Waals surface area contributed by atoms with Gasteiger partial charge in [0.1, 0.15) is 12.9 Å². The smallest absolute Gasteiger partial charge is 0.206 e. The van der Waals surface area contributed by atoms with Gasteiger partial charge in [-0.3, -0.25) is 0 Å². The zero-order valence-corrected chi connectivity index (χ0v) is 14.7. The fourth-order valence-corrected chi connectivity index (χ4v) is 4.63. The molecule has 0 aromatic heterocycles. The molecule has 0 aliphatic heterocycles. The summed E-state index contributed by atoms with van der Waals surface area (Å²) in [6.07, 6.45) is 0. The van der Waals surface area contributed by atoms with Crippen molar-refractivity contribution >= 4 is 22.3 Å². The summed E-state index contributed by atoms with van der Waals surface area (Å²) in [5, 5.41) is 0.434. The summed E-state index contributed by atoms with van der Waals surface area (Å²) >= 11 is 0. The van der Waals surface area contributed by atoms with E-state index < -0.39 is 17.0 Å². The van der Waals surface area contributed by atoms with Gasteiger partial charge in [-0.2, -0.15) is 0 Å². The maximum Gasteiger partial charge on any atom is 0.206 e. The molecule has 0 aliphatic rings. The molecule has 0 bridgehead atoms. The average molecular weight is 338 g/mol. The van der Waals surface area contributed by atoms with Gasteiger partial charge in [-0.15, -0.1) is 0 Å². The van der Waals surface area contributed by atoms with Crippen LogP contribution in [0.15, 0.2) is 52.3 Å². The molecule has 0 radical (unpaired) electrons. The van der Waals surface area contributed by atoms with Crippen molar-refractivity contribution in [2.75, 3.05) is 20.4 Å². The number of aryl methyl sites for hydroxylation is 1. The highest BCUT2D eigenvalue weighted by molar-refractivity contribution is 7.91. The summed E-state index contributed by atoms with van der Waals surface area (Å²) in [5.74, 6) is 0.441. The molecule has 0 amide bonds.